The molecule has 0 aliphatic carbocycles. The van der Waals surface area contributed by atoms with Gasteiger partial charge < -0.3 is 14.8 Å². The van der Waals surface area contributed by atoms with E-state index in [4.69, 9.17) is 20.0 Å². The normalized spacial score (nSPS) is 19.0. The number of benzene rings is 1. The Bertz CT molecular complexity index is 1170. The van der Waals surface area contributed by atoms with Gasteiger partial charge in [-0.3, -0.25) is 14.7 Å². The van der Waals surface area contributed by atoms with Crippen molar-refractivity contribution in [2.75, 3.05) is 20.1 Å². The minimum Gasteiger partial charge on any atom is -0.475 e. The van der Waals surface area contributed by atoms with E-state index in [1.165, 1.54) is 0 Å². The van der Waals surface area contributed by atoms with Crippen LogP contribution in [-0.4, -0.2) is 69.4 Å². The molecule has 1 atom stereocenters. The first kappa shape index (κ1) is 26.6. The lowest BCUT2D eigenvalue weighted by atomic mass is 9.96. The van der Waals surface area contributed by atoms with Crippen LogP contribution in [0.2, 0.25) is 0 Å². The standard InChI is InChI=1S/C22H23N5O2.C2HF3O2/c1-26(15-19-7-2-3-9-24-19)21(28)20-12-22(29-25-20)8-10-27(16-22)14-18-6-4-5-17(11-18)13-23;3-2(4,5)1(6)7/h2-7,9,11H,8,10,12,14-16H2,1H3;(H,6,7). The number of pyridine rings is 1. The number of alkyl halides is 3. The largest absolute Gasteiger partial charge is 0.490 e. The molecule has 1 saturated heterocycles. The summed E-state index contributed by atoms with van der Waals surface area (Å²) in [5.41, 5.74) is 2.65. The average molecular weight is 503 g/mol. The van der Waals surface area contributed by atoms with Crippen molar-refractivity contribution < 1.29 is 32.7 Å². The fraction of sp³-hybridized carbons (Fsp3) is 0.375. The first-order chi connectivity index (χ1) is 17.0. The van der Waals surface area contributed by atoms with Gasteiger partial charge >= 0.3 is 12.1 Å². The van der Waals surface area contributed by atoms with Crippen LogP contribution in [-0.2, 0) is 27.5 Å². The molecule has 0 saturated carbocycles. The van der Waals surface area contributed by atoms with Crippen molar-refractivity contribution in [2.24, 2.45) is 5.16 Å². The molecule has 0 bridgehead atoms. The summed E-state index contributed by atoms with van der Waals surface area (Å²) >= 11 is 0. The van der Waals surface area contributed by atoms with Crippen LogP contribution in [0.1, 0.15) is 29.7 Å². The summed E-state index contributed by atoms with van der Waals surface area (Å²) in [6.07, 6.45) is -2.01. The van der Waals surface area contributed by atoms with Crippen LogP contribution < -0.4 is 0 Å². The summed E-state index contributed by atoms with van der Waals surface area (Å²) in [6, 6.07) is 15.5. The van der Waals surface area contributed by atoms with E-state index in [1.54, 1.807) is 18.1 Å². The number of nitriles is 1. The van der Waals surface area contributed by atoms with Crippen molar-refractivity contribution in [3.63, 3.8) is 0 Å². The summed E-state index contributed by atoms with van der Waals surface area (Å²) in [4.78, 5) is 35.6. The zero-order valence-electron chi connectivity index (χ0n) is 19.4. The molecule has 1 fully saturated rings. The number of carbonyl (C=O) groups excluding carboxylic acids is 1. The van der Waals surface area contributed by atoms with E-state index in [0.29, 0.717) is 30.8 Å². The van der Waals surface area contributed by atoms with Crippen molar-refractivity contribution >= 4 is 17.6 Å². The molecule has 2 aromatic rings. The maximum atomic E-state index is 12.8. The highest BCUT2D eigenvalue weighted by molar-refractivity contribution is 6.39. The van der Waals surface area contributed by atoms with E-state index < -0.39 is 17.7 Å². The van der Waals surface area contributed by atoms with Crippen molar-refractivity contribution in [3.8, 4) is 6.07 Å². The van der Waals surface area contributed by atoms with Crippen molar-refractivity contribution in [1.82, 2.24) is 14.8 Å². The highest BCUT2D eigenvalue weighted by atomic mass is 19.4. The van der Waals surface area contributed by atoms with Gasteiger partial charge in [0, 0.05) is 45.7 Å². The van der Waals surface area contributed by atoms with E-state index in [-0.39, 0.29) is 5.91 Å². The van der Waals surface area contributed by atoms with Crippen molar-refractivity contribution in [2.45, 2.75) is 37.7 Å². The van der Waals surface area contributed by atoms with Crippen molar-refractivity contribution in [1.29, 1.82) is 5.26 Å². The number of likely N-dealkylation sites (tertiary alicyclic amines) is 1. The summed E-state index contributed by atoms with van der Waals surface area (Å²) in [5.74, 6) is -2.87. The maximum Gasteiger partial charge on any atom is 0.490 e. The van der Waals surface area contributed by atoms with E-state index in [0.717, 1.165) is 30.8 Å². The van der Waals surface area contributed by atoms with Gasteiger partial charge in [0.15, 0.2) is 5.60 Å². The lowest BCUT2D eigenvalue weighted by Crippen LogP contribution is -2.37. The second kappa shape index (κ2) is 11.2. The Labute approximate surface area is 205 Å². The molecule has 190 valence electrons. The second-order valence-electron chi connectivity index (χ2n) is 8.55. The Balaban J connectivity index is 0.000000454. The number of hydrogen-bond donors (Lipinski definition) is 1. The molecule has 0 radical (unpaired) electrons. The molecule has 1 amide bonds. The van der Waals surface area contributed by atoms with Crippen LogP contribution in [0, 0.1) is 11.3 Å². The molecule has 9 nitrogen and oxygen atoms in total. The number of carboxylic acids is 1. The molecule has 2 aliphatic rings. The smallest absolute Gasteiger partial charge is 0.475 e. The highest BCUT2D eigenvalue weighted by Gasteiger charge is 2.47. The average Bonchev–Trinajstić information content (AvgIpc) is 3.45. The molecule has 12 heteroatoms. The Hall–Kier alpha value is -3.98. The highest BCUT2D eigenvalue weighted by Crippen LogP contribution is 2.35. The molecule has 2 aliphatic heterocycles. The molecule has 1 aromatic heterocycles. The molecular weight excluding hydrogens is 479 g/mol. The Morgan fingerprint density at radius 1 is 1.28 bits per heavy atom. The van der Waals surface area contributed by atoms with E-state index in [9.17, 15) is 18.0 Å². The number of hydrogen-bond acceptors (Lipinski definition) is 7. The predicted molar refractivity (Wildman–Crippen MR) is 121 cm³/mol. The molecule has 3 heterocycles. The monoisotopic (exact) mass is 503 g/mol. The minimum absolute atomic E-state index is 0.118. The number of nitrogens with zero attached hydrogens (tertiary/aromatic N) is 5. The first-order valence-electron chi connectivity index (χ1n) is 10.9. The molecule has 1 unspecified atom stereocenters. The van der Waals surface area contributed by atoms with Gasteiger partial charge in [-0.1, -0.05) is 23.4 Å². The van der Waals surface area contributed by atoms with Crippen LogP contribution in [0.3, 0.4) is 0 Å². The topological polar surface area (TPSA) is 119 Å². The third-order valence-electron chi connectivity index (χ3n) is 5.66. The Kier molecular flexibility index (Phi) is 8.26. The molecular formula is C24H24F3N5O4. The molecule has 1 N–H and O–H groups in total. The van der Waals surface area contributed by atoms with Gasteiger partial charge in [-0.25, -0.2) is 4.79 Å². The summed E-state index contributed by atoms with van der Waals surface area (Å²) < 4.78 is 31.7. The zero-order valence-corrected chi connectivity index (χ0v) is 19.4. The van der Waals surface area contributed by atoms with E-state index >= 15 is 0 Å². The predicted octanol–water partition coefficient (Wildman–Crippen LogP) is 2.97. The van der Waals surface area contributed by atoms with Crippen molar-refractivity contribution in [3.05, 3.63) is 65.5 Å². The Morgan fingerprint density at radius 2 is 2.03 bits per heavy atom. The van der Waals surface area contributed by atoms with Gasteiger partial charge in [0.05, 0.1) is 23.9 Å². The second-order valence-corrected chi connectivity index (χ2v) is 8.55. The number of aliphatic carboxylic acids is 1. The minimum atomic E-state index is -5.08. The fourth-order valence-corrected chi connectivity index (χ4v) is 3.94. The molecule has 4 rings (SSSR count). The molecule has 1 spiro atoms. The summed E-state index contributed by atoms with van der Waals surface area (Å²) in [6.45, 7) is 2.78. The van der Waals surface area contributed by atoms with Gasteiger partial charge in [-0.05, 0) is 29.8 Å². The molecule has 36 heavy (non-hydrogen) atoms. The number of amides is 1. The number of halogens is 3. The Morgan fingerprint density at radius 3 is 2.67 bits per heavy atom. The van der Waals surface area contributed by atoms with Crippen LogP contribution in [0.4, 0.5) is 13.2 Å². The number of carbonyl (C=O) groups is 2. The number of oxime groups is 1. The van der Waals surface area contributed by atoms with Gasteiger partial charge in [0.25, 0.3) is 5.91 Å². The quantitative estimate of drug-likeness (QED) is 0.666. The maximum absolute atomic E-state index is 12.8. The number of carboxylic acid groups (broad SMARTS) is 1. The first-order valence-corrected chi connectivity index (χ1v) is 10.9. The van der Waals surface area contributed by atoms with Gasteiger partial charge in [0.1, 0.15) is 5.71 Å². The van der Waals surface area contributed by atoms with Gasteiger partial charge in [0.2, 0.25) is 0 Å². The summed E-state index contributed by atoms with van der Waals surface area (Å²) in [5, 5.41) is 20.3. The lowest BCUT2D eigenvalue weighted by molar-refractivity contribution is -0.192. The lowest BCUT2D eigenvalue weighted by Gasteiger charge is -2.22. The van der Waals surface area contributed by atoms with Crippen LogP contribution in [0.25, 0.3) is 0 Å². The number of aromatic nitrogens is 1. The van der Waals surface area contributed by atoms with Gasteiger partial charge in [-0.2, -0.15) is 18.4 Å². The SMILES string of the molecule is CN(Cc1ccccn1)C(=O)C1=NOC2(CCN(Cc3cccc(C#N)c3)C2)C1.O=C(O)C(F)(F)F. The third kappa shape index (κ3) is 7.02. The van der Waals surface area contributed by atoms with E-state index in [2.05, 4.69) is 21.1 Å². The zero-order chi connectivity index (χ0) is 26.3. The van der Waals surface area contributed by atoms with Gasteiger partial charge in [-0.15, -0.1) is 0 Å². The third-order valence-corrected chi connectivity index (χ3v) is 5.66. The summed E-state index contributed by atoms with van der Waals surface area (Å²) in [7, 11) is 1.76. The van der Waals surface area contributed by atoms with Crippen LogP contribution in [0.15, 0.2) is 53.8 Å². The van der Waals surface area contributed by atoms with E-state index in [1.807, 2.05) is 42.5 Å². The van der Waals surface area contributed by atoms with Crippen LogP contribution in [0.5, 0.6) is 0 Å². The molecule has 1 aromatic carbocycles. The van der Waals surface area contributed by atoms with Crippen LogP contribution >= 0.6 is 0 Å². The fourth-order valence-electron chi connectivity index (χ4n) is 3.94. The number of rotatable bonds is 5.